The number of hydrogen-bond acceptors (Lipinski definition) is 3. The molecule has 1 N–H and O–H groups in total. The second-order valence-corrected chi connectivity index (χ2v) is 4.90. The molecule has 1 aliphatic carbocycles. The van der Waals surface area contributed by atoms with Gasteiger partial charge in [-0.3, -0.25) is 5.32 Å². The molecule has 0 aromatic carbocycles. The zero-order valence-corrected chi connectivity index (χ0v) is 9.58. The number of rotatable bonds is 1. The lowest BCUT2D eigenvalue weighted by molar-refractivity contribution is -0.132. The van der Waals surface area contributed by atoms with E-state index in [4.69, 9.17) is 9.15 Å². The fraction of sp³-hybridized carbons (Fsp3) is 0.692. The van der Waals surface area contributed by atoms with E-state index in [9.17, 15) is 0 Å². The molecule has 1 spiro atoms. The van der Waals surface area contributed by atoms with Crippen LogP contribution in [0, 0.1) is 0 Å². The lowest BCUT2D eigenvalue weighted by Crippen LogP contribution is -2.54. The van der Waals surface area contributed by atoms with E-state index in [2.05, 4.69) is 11.4 Å². The molecule has 1 aromatic rings. The molecular weight excluding hydrogens is 202 g/mol. The summed E-state index contributed by atoms with van der Waals surface area (Å²) in [6.07, 6.45) is 8.94. The Morgan fingerprint density at radius 1 is 1.25 bits per heavy atom. The third-order valence-corrected chi connectivity index (χ3v) is 3.77. The van der Waals surface area contributed by atoms with E-state index >= 15 is 0 Å². The first-order chi connectivity index (χ1) is 7.88. The van der Waals surface area contributed by atoms with Gasteiger partial charge in [0.2, 0.25) is 0 Å². The van der Waals surface area contributed by atoms with E-state index in [1.807, 2.05) is 6.07 Å². The second-order valence-electron chi connectivity index (χ2n) is 4.90. The minimum absolute atomic E-state index is 0.0616. The molecule has 1 atom stereocenters. The largest absolute Gasteiger partial charge is 0.468 e. The van der Waals surface area contributed by atoms with Crippen molar-refractivity contribution in [1.29, 1.82) is 0 Å². The molecule has 1 saturated carbocycles. The molecule has 1 saturated heterocycles. The highest BCUT2D eigenvalue weighted by molar-refractivity contribution is 5.07. The summed E-state index contributed by atoms with van der Waals surface area (Å²) in [5, 5.41) is 3.66. The number of hydrogen-bond donors (Lipinski definition) is 1. The molecule has 1 unspecified atom stereocenters. The smallest absolute Gasteiger partial charge is 0.120 e. The molecule has 3 heteroatoms. The summed E-state index contributed by atoms with van der Waals surface area (Å²) < 4.78 is 11.5. The van der Waals surface area contributed by atoms with E-state index in [1.54, 1.807) is 6.26 Å². The summed E-state index contributed by atoms with van der Waals surface area (Å²) in [7, 11) is 0. The molecule has 16 heavy (non-hydrogen) atoms. The van der Waals surface area contributed by atoms with Gasteiger partial charge in [-0.2, -0.15) is 0 Å². The van der Waals surface area contributed by atoms with E-state index in [1.165, 1.54) is 19.3 Å². The molecule has 2 fully saturated rings. The van der Waals surface area contributed by atoms with Crippen LogP contribution < -0.4 is 5.32 Å². The van der Waals surface area contributed by atoms with Gasteiger partial charge >= 0.3 is 0 Å². The van der Waals surface area contributed by atoms with Gasteiger partial charge in [-0.25, -0.2) is 0 Å². The fourth-order valence-corrected chi connectivity index (χ4v) is 2.92. The molecule has 88 valence electrons. The number of ether oxygens (including phenoxy) is 1. The maximum Gasteiger partial charge on any atom is 0.120 e. The standard InChI is InChI=1S/C13H19NO2/c1-2-7-13(8-3-1)14-11(6-10-16-13)12-5-4-9-15-12/h4-5,9,11,14H,1-3,6-8,10H2. The van der Waals surface area contributed by atoms with Crippen molar-refractivity contribution >= 4 is 0 Å². The van der Waals surface area contributed by atoms with Crippen LogP contribution >= 0.6 is 0 Å². The SMILES string of the molecule is c1coc(C2CCOC3(CCCCC3)N2)c1. The molecular formula is C13H19NO2. The number of nitrogens with one attached hydrogen (secondary N) is 1. The Kier molecular flexibility index (Phi) is 2.74. The minimum Gasteiger partial charge on any atom is -0.468 e. The van der Waals surface area contributed by atoms with Crippen LogP contribution in [-0.4, -0.2) is 12.3 Å². The van der Waals surface area contributed by atoms with Gasteiger partial charge < -0.3 is 9.15 Å². The van der Waals surface area contributed by atoms with Gasteiger partial charge in [0.05, 0.1) is 18.9 Å². The van der Waals surface area contributed by atoms with Gasteiger partial charge in [-0.1, -0.05) is 6.42 Å². The summed E-state index contributed by atoms with van der Waals surface area (Å²) in [5.74, 6) is 1.05. The Morgan fingerprint density at radius 2 is 2.12 bits per heavy atom. The summed E-state index contributed by atoms with van der Waals surface area (Å²) in [6.45, 7) is 0.846. The zero-order chi connectivity index (χ0) is 10.8. The van der Waals surface area contributed by atoms with Gasteiger partial charge in [0.1, 0.15) is 11.5 Å². The molecule has 2 aliphatic rings. The van der Waals surface area contributed by atoms with Crippen molar-refractivity contribution in [2.45, 2.75) is 50.3 Å². The lowest BCUT2D eigenvalue weighted by atomic mass is 9.89. The van der Waals surface area contributed by atoms with Gasteiger partial charge in [-0.05, 0) is 44.2 Å². The predicted molar refractivity (Wildman–Crippen MR) is 61.0 cm³/mol. The highest BCUT2D eigenvalue weighted by Gasteiger charge is 2.38. The van der Waals surface area contributed by atoms with Crippen LogP contribution in [0.2, 0.25) is 0 Å². The Balaban J connectivity index is 1.74. The van der Waals surface area contributed by atoms with Crippen molar-refractivity contribution in [3.8, 4) is 0 Å². The van der Waals surface area contributed by atoms with Crippen LogP contribution in [0.3, 0.4) is 0 Å². The molecule has 0 amide bonds. The Morgan fingerprint density at radius 3 is 2.88 bits per heavy atom. The average Bonchev–Trinajstić information content (AvgIpc) is 2.83. The van der Waals surface area contributed by atoms with E-state index in [0.29, 0.717) is 6.04 Å². The first-order valence-corrected chi connectivity index (χ1v) is 6.33. The topological polar surface area (TPSA) is 34.4 Å². The van der Waals surface area contributed by atoms with Crippen LogP contribution in [0.1, 0.15) is 50.3 Å². The van der Waals surface area contributed by atoms with E-state index in [0.717, 1.165) is 31.6 Å². The van der Waals surface area contributed by atoms with Crippen molar-refractivity contribution in [1.82, 2.24) is 5.32 Å². The normalized spacial score (nSPS) is 29.4. The average molecular weight is 221 g/mol. The van der Waals surface area contributed by atoms with Crippen molar-refractivity contribution in [3.05, 3.63) is 24.2 Å². The Hall–Kier alpha value is -0.800. The van der Waals surface area contributed by atoms with Crippen molar-refractivity contribution in [3.63, 3.8) is 0 Å². The van der Waals surface area contributed by atoms with Gasteiger partial charge in [-0.15, -0.1) is 0 Å². The summed E-state index contributed by atoms with van der Waals surface area (Å²) in [6, 6.07) is 4.35. The summed E-state index contributed by atoms with van der Waals surface area (Å²) >= 11 is 0. The molecule has 0 radical (unpaired) electrons. The Bertz CT molecular complexity index is 322. The predicted octanol–water partition coefficient (Wildman–Crippen LogP) is 2.99. The zero-order valence-electron chi connectivity index (χ0n) is 9.58. The van der Waals surface area contributed by atoms with Crippen LogP contribution in [0.4, 0.5) is 0 Å². The number of furan rings is 1. The summed E-state index contributed by atoms with van der Waals surface area (Å²) in [5.41, 5.74) is -0.0616. The fourth-order valence-electron chi connectivity index (χ4n) is 2.92. The maximum atomic E-state index is 5.98. The molecule has 0 bridgehead atoms. The maximum absolute atomic E-state index is 5.98. The third-order valence-electron chi connectivity index (χ3n) is 3.77. The summed E-state index contributed by atoms with van der Waals surface area (Å²) in [4.78, 5) is 0. The molecule has 2 heterocycles. The lowest BCUT2D eigenvalue weighted by Gasteiger charge is -2.44. The first kappa shape index (κ1) is 10.4. The highest BCUT2D eigenvalue weighted by Crippen LogP contribution is 2.36. The van der Waals surface area contributed by atoms with Crippen molar-refractivity contribution in [2.24, 2.45) is 0 Å². The second kappa shape index (κ2) is 4.22. The third kappa shape index (κ3) is 1.89. The monoisotopic (exact) mass is 221 g/mol. The van der Waals surface area contributed by atoms with Crippen LogP contribution in [0.25, 0.3) is 0 Å². The van der Waals surface area contributed by atoms with E-state index < -0.39 is 0 Å². The van der Waals surface area contributed by atoms with Crippen LogP contribution in [-0.2, 0) is 4.74 Å². The van der Waals surface area contributed by atoms with Gasteiger partial charge in [0.25, 0.3) is 0 Å². The van der Waals surface area contributed by atoms with Crippen LogP contribution in [0.5, 0.6) is 0 Å². The highest BCUT2D eigenvalue weighted by atomic mass is 16.5. The first-order valence-electron chi connectivity index (χ1n) is 6.33. The van der Waals surface area contributed by atoms with Crippen LogP contribution in [0.15, 0.2) is 22.8 Å². The van der Waals surface area contributed by atoms with E-state index in [-0.39, 0.29) is 5.72 Å². The Labute approximate surface area is 96.2 Å². The van der Waals surface area contributed by atoms with Crippen molar-refractivity contribution in [2.75, 3.05) is 6.61 Å². The molecule has 3 nitrogen and oxygen atoms in total. The quantitative estimate of drug-likeness (QED) is 0.791. The van der Waals surface area contributed by atoms with Gasteiger partial charge in [0.15, 0.2) is 0 Å². The minimum atomic E-state index is -0.0616. The molecule has 1 aromatic heterocycles. The van der Waals surface area contributed by atoms with Gasteiger partial charge in [0, 0.05) is 0 Å². The van der Waals surface area contributed by atoms with Crippen molar-refractivity contribution < 1.29 is 9.15 Å². The molecule has 1 aliphatic heterocycles. The molecule has 3 rings (SSSR count).